The molecule has 36 heavy (non-hydrogen) atoms. The van der Waals surface area contributed by atoms with E-state index in [-0.39, 0.29) is 36.3 Å². The Morgan fingerprint density at radius 3 is 2.56 bits per heavy atom. The zero-order valence-electron chi connectivity index (χ0n) is 21.9. The molecular weight excluding hydrogens is 458 g/mol. The van der Waals surface area contributed by atoms with Gasteiger partial charge < -0.3 is 25.4 Å². The molecule has 3 heterocycles. The second-order valence-corrected chi connectivity index (χ2v) is 11.2. The van der Waals surface area contributed by atoms with Crippen molar-refractivity contribution in [2.24, 2.45) is 17.8 Å². The summed E-state index contributed by atoms with van der Waals surface area (Å²) in [6.07, 6.45) is 3.10. The third-order valence-electron chi connectivity index (χ3n) is 8.06. The highest BCUT2D eigenvalue weighted by molar-refractivity contribution is 5.99. The Balaban J connectivity index is 1.64. The van der Waals surface area contributed by atoms with Gasteiger partial charge in [-0.2, -0.15) is 0 Å². The minimum absolute atomic E-state index is 0.0452. The molecule has 7 atom stereocenters. The Hall–Kier alpha value is -2.45. The molecule has 3 aliphatic rings. The normalized spacial score (nSPS) is 30.4. The number of fused-ring (bicyclic) bond motifs is 1. The van der Waals surface area contributed by atoms with E-state index in [4.69, 9.17) is 4.74 Å². The van der Waals surface area contributed by atoms with Gasteiger partial charge in [-0.3, -0.25) is 14.4 Å². The first-order valence-electron chi connectivity index (χ1n) is 13.5. The van der Waals surface area contributed by atoms with Gasteiger partial charge in [-0.05, 0) is 44.1 Å². The molecule has 3 saturated heterocycles. The number of aliphatic hydroxyl groups is 1. The van der Waals surface area contributed by atoms with Crippen molar-refractivity contribution >= 4 is 17.7 Å². The molecule has 0 aromatic heterocycles. The highest BCUT2D eigenvalue weighted by atomic mass is 16.5. The average Bonchev–Trinajstić information content (AvgIpc) is 3.49. The van der Waals surface area contributed by atoms with Crippen molar-refractivity contribution in [1.82, 2.24) is 15.5 Å². The van der Waals surface area contributed by atoms with E-state index in [2.05, 4.69) is 17.6 Å². The summed E-state index contributed by atoms with van der Waals surface area (Å²) in [5.41, 5.74) is -0.0693. The van der Waals surface area contributed by atoms with Gasteiger partial charge in [0, 0.05) is 12.6 Å². The van der Waals surface area contributed by atoms with Crippen LogP contribution in [0.2, 0.25) is 0 Å². The minimum Gasteiger partial charge on any atom is -0.394 e. The summed E-state index contributed by atoms with van der Waals surface area (Å²) >= 11 is 0. The molecule has 0 saturated carbocycles. The molecule has 1 spiro atoms. The van der Waals surface area contributed by atoms with E-state index < -0.39 is 35.6 Å². The Morgan fingerprint density at radius 1 is 1.19 bits per heavy atom. The lowest BCUT2D eigenvalue weighted by molar-refractivity contribution is -0.146. The van der Waals surface area contributed by atoms with Crippen molar-refractivity contribution in [3.05, 3.63) is 35.9 Å². The standard InChI is InChI=1S/C28H41N3O5/c1-5-9-18(4)30-26(34)24-28-13-12-21(36-28)22(25(33)29-15-19-10-7-6-8-11-19)23(28)27(35)31(24)20(16-32)14-17(2)3/h6-8,10-11,17-18,20-24,32H,5,9,12-16H2,1-4H3,(H,29,33)(H,30,34)/t18?,20-,21+,22-,23+,24?,28?/m1/s1. The van der Waals surface area contributed by atoms with Crippen LogP contribution in [0.3, 0.4) is 0 Å². The predicted molar refractivity (Wildman–Crippen MR) is 136 cm³/mol. The van der Waals surface area contributed by atoms with Gasteiger partial charge in [0.25, 0.3) is 0 Å². The first kappa shape index (κ1) is 26.6. The van der Waals surface area contributed by atoms with E-state index in [9.17, 15) is 19.5 Å². The number of amides is 3. The van der Waals surface area contributed by atoms with Crippen molar-refractivity contribution in [2.45, 2.75) is 96.2 Å². The summed E-state index contributed by atoms with van der Waals surface area (Å²) in [5.74, 6) is -1.88. The highest BCUT2D eigenvalue weighted by Crippen LogP contribution is 2.59. The van der Waals surface area contributed by atoms with Crippen molar-refractivity contribution in [2.75, 3.05) is 6.61 Å². The van der Waals surface area contributed by atoms with Gasteiger partial charge in [0.05, 0.1) is 30.6 Å². The Labute approximate surface area is 214 Å². The second kappa shape index (κ2) is 10.9. The van der Waals surface area contributed by atoms with Crippen molar-refractivity contribution in [3.8, 4) is 0 Å². The molecule has 0 aliphatic carbocycles. The summed E-state index contributed by atoms with van der Waals surface area (Å²) < 4.78 is 6.48. The van der Waals surface area contributed by atoms with Crippen LogP contribution in [-0.2, 0) is 25.7 Å². The number of nitrogens with one attached hydrogen (secondary N) is 2. The van der Waals surface area contributed by atoms with E-state index >= 15 is 0 Å². The van der Waals surface area contributed by atoms with E-state index in [1.807, 2.05) is 51.1 Å². The van der Waals surface area contributed by atoms with Crippen molar-refractivity contribution in [3.63, 3.8) is 0 Å². The van der Waals surface area contributed by atoms with Crippen LogP contribution in [0.25, 0.3) is 0 Å². The van der Waals surface area contributed by atoms with Crippen molar-refractivity contribution in [1.29, 1.82) is 0 Å². The molecule has 1 aromatic carbocycles. The van der Waals surface area contributed by atoms with Crippen LogP contribution < -0.4 is 10.6 Å². The molecule has 198 valence electrons. The van der Waals surface area contributed by atoms with Gasteiger partial charge in [-0.1, -0.05) is 57.5 Å². The zero-order valence-corrected chi connectivity index (χ0v) is 21.9. The lowest BCUT2D eigenvalue weighted by Gasteiger charge is -2.37. The molecule has 3 amide bonds. The number of hydrogen-bond donors (Lipinski definition) is 3. The minimum atomic E-state index is -1.04. The molecule has 0 radical (unpaired) electrons. The van der Waals surface area contributed by atoms with Crippen LogP contribution >= 0.6 is 0 Å². The van der Waals surface area contributed by atoms with E-state index in [1.54, 1.807) is 4.90 Å². The third kappa shape index (κ3) is 4.77. The number of benzene rings is 1. The first-order valence-corrected chi connectivity index (χ1v) is 13.5. The van der Waals surface area contributed by atoms with Gasteiger partial charge in [0.2, 0.25) is 17.7 Å². The number of likely N-dealkylation sites (tertiary alicyclic amines) is 1. The fourth-order valence-electron chi connectivity index (χ4n) is 6.63. The largest absolute Gasteiger partial charge is 0.394 e. The summed E-state index contributed by atoms with van der Waals surface area (Å²) in [7, 11) is 0. The second-order valence-electron chi connectivity index (χ2n) is 11.2. The maximum Gasteiger partial charge on any atom is 0.246 e. The average molecular weight is 500 g/mol. The summed E-state index contributed by atoms with van der Waals surface area (Å²) in [5, 5.41) is 16.4. The Bertz CT molecular complexity index is 954. The fraction of sp³-hybridized carbons (Fsp3) is 0.679. The topological polar surface area (TPSA) is 108 Å². The first-order chi connectivity index (χ1) is 17.2. The molecule has 3 N–H and O–H groups in total. The number of ether oxygens (including phenoxy) is 1. The number of aliphatic hydroxyl groups excluding tert-OH is 1. The number of rotatable bonds is 11. The summed E-state index contributed by atoms with van der Waals surface area (Å²) in [6, 6.07) is 8.23. The van der Waals surface area contributed by atoms with E-state index in [1.165, 1.54) is 0 Å². The fourth-order valence-corrected chi connectivity index (χ4v) is 6.63. The van der Waals surface area contributed by atoms with Crippen LogP contribution in [0.1, 0.15) is 65.4 Å². The molecule has 1 aromatic rings. The quantitative estimate of drug-likeness (QED) is 0.433. The van der Waals surface area contributed by atoms with E-state index in [0.29, 0.717) is 25.8 Å². The van der Waals surface area contributed by atoms with Gasteiger partial charge in [0.15, 0.2) is 0 Å². The number of nitrogens with zero attached hydrogens (tertiary/aromatic N) is 1. The summed E-state index contributed by atoms with van der Waals surface area (Å²) in [6.45, 7) is 8.21. The zero-order chi connectivity index (χ0) is 26.0. The number of carbonyl (C=O) groups is 3. The highest BCUT2D eigenvalue weighted by Gasteiger charge is 2.75. The van der Waals surface area contributed by atoms with Crippen LogP contribution in [-0.4, -0.2) is 64.2 Å². The molecule has 2 bridgehead atoms. The van der Waals surface area contributed by atoms with Gasteiger partial charge >= 0.3 is 0 Å². The lowest BCUT2D eigenvalue weighted by atomic mass is 9.70. The number of carbonyl (C=O) groups excluding carboxylic acids is 3. The van der Waals surface area contributed by atoms with Crippen LogP contribution in [0.5, 0.6) is 0 Å². The maximum atomic E-state index is 14.0. The van der Waals surface area contributed by atoms with Crippen LogP contribution in [0, 0.1) is 17.8 Å². The summed E-state index contributed by atoms with van der Waals surface area (Å²) in [4.78, 5) is 42.8. The smallest absolute Gasteiger partial charge is 0.246 e. The van der Waals surface area contributed by atoms with E-state index in [0.717, 1.165) is 18.4 Å². The Morgan fingerprint density at radius 2 is 1.92 bits per heavy atom. The molecule has 3 aliphatic heterocycles. The SMILES string of the molecule is CCCC(C)NC(=O)C1N([C@@H](CO)CC(C)C)C(=O)[C@@H]2[C@H](C(=O)NCc3ccccc3)[C@@H]3CCC12O3. The Kier molecular flexibility index (Phi) is 8.05. The third-order valence-corrected chi connectivity index (χ3v) is 8.06. The molecule has 8 heteroatoms. The molecule has 3 fully saturated rings. The predicted octanol–water partition coefficient (Wildman–Crippen LogP) is 2.39. The molecule has 4 rings (SSSR count). The monoisotopic (exact) mass is 499 g/mol. The van der Waals surface area contributed by atoms with Crippen LogP contribution in [0.4, 0.5) is 0 Å². The van der Waals surface area contributed by atoms with Gasteiger partial charge in [-0.15, -0.1) is 0 Å². The van der Waals surface area contributed by atoms with Crippen LogP contribution in [0.15, 0.2) is 30.3 Å². The molecular formula is C28H41N3O5. The maximum absolute atomic E-state index is 14.0. The lowest BCUT2D eigenvalue weighted by Crippen LogP contribution is -2.59. The van der Waals surface area contributed by atoms with Gasteiger partial charge in [-0.25, -0.2) is 0 Å². The molecule has 8 nitrogen and oxygen atoms in total. The number of hydrogen-bond acceptors (Lipinski definition) is 5. The van der Waals surface area contributed by atoms with Crippen molar-refractivity contribution < 1.29 is 24.2 Å². The van der Waals surface area contributed by atoms with Gasteiger partial charge in [0.1, 0.15) is 11.6 Å². The molecule has 3 unspecified atom stereocenters.